The fourth-order valence-corrected chi connectivity index (χ4v) is 4.48. The summed E-state index contributed by atoms with van der Waals surface area (Å²) in [5, 5.41) is 0. The fourth-order valence-electron chi connectivity index (χ4n) is 3.22. The second-order valence-electron chi connectivity index (χ2n) is 6.81. The van der Waals surface area contributed by atoms with E-state index >= 15 is 0 Å². The first-order chi connectivity index (χ1) is 13.3. The Bertz CT molecular complexity index is 1210. The first kappa shape index (κ1) is 18.1. The van der Waals surface area contributed by atoms with E-state index in [1.54, 1.807) is 42.5 Å². The standard InChI is InChI=1S/C22H17NO4S/c1-14-3-8-17(9-4-14)28(26,27)18-10-6-16(7-11-18)23-21(24)19-12-5-15(2)13-20(19)22(23)25/h3-13H,1-2H3. The van der Waals surface area contributed by atoms with Crippen molar-refractivity contribution in [3.63, 3.8) is 0 Å². The van der Waals surface area contributed by atoms with Crippen LogP contribution in [-0.2, 0) is 9.84 Å². The summed E-state index contributed by atoms with van der Waals surface area (Å²) >= 11 is 0. The molecule has 0 aliphatic carbocycles. The topological polar surface area (TPSA) is 71.5 Å². The molecule has 1 aliphatic heterocycles. The summed E-state index contributed by atoms with van der Waals surface area (Å²) in [6.07, 6.45) is 0. The molecule has 0 saturated heterocycles. The molecular formula is C22H17NO4S. The lowest BCUT2D eigenvalue weighted by Crippen LogP contribution is -2.29. The first-order valence-electron chi connectivity index (χ1n) is 8.70. The van der Waals surface area contributed by atoms with E-state index in [-0.39, 0.29) is 9.79 Å². The molecule has 3 aromatic rings. The maximum Gasteiger partial charge on any atom is 0.266 e. The van der Waals surface area contributed by atoms with Crippen LogP contribution in [-0.4, -0.2) is 20.2 Å². The third-order valence-corrected chi connectivity index (χ3v) is 6.56. The number of imide groups is 1. The lowest BCUT2D eigenvalue weighted by Gasteiger charge is -2.14. The zero-order valence-corrected chi connectivity index (χ0v) is 16.2. The molecule has 0 unspecified atom stereocenters. The van der Waals surface area contributed by atoms with Gasteiger partial charge in [-0.2, -0.15) is 0 Å². The Morgan fingerprint density at radius 1 is 0.643 bits per heavy atom. The Hall–Kier alpha value is -3.25. The van der Waals surface area contributed by atoms with Gasteiger partial charge >= 0.3 is 0 Å². The predicted octanol–water partition coefficient (Wildman–Crippen LogP) is 3.94. The van der Waals surface area contributed by atoms with E-state index in [1.807, 2.05) is 13.8 Å². The highest BCUT2D eigenvalue weighted by Crippen LogP contribution is 2.30. The molecule has 1 aliphatic rings. The van der Waals surface area contributed by atoms with Crippen LogP contribution in [0.4, 0.5) is 5.69 Å². The zero-order valence-electron chi connectivity index (χ0n) is 15.3. The third kappa shape index (κ3) is 2.82. The monoisotopic (exact) mass is 391 g/mol. The first-order valence-corrected chi connectivity index (χ1v) is 10.2. The van der Waals surface area contributed by atoms with Crippen molar-refractivity contribution >= 4 is 27.3 Å². The molecule has 6 heteroatoms. The minimum absolute atomic E-state index is 0.104. The normalized spacial score (nSPS) is 13.7. The van der Waals surface area contributed by atoms with Crippen molar-refractivity contribution < 1.29 is 18.0 Å². The number of sulfone groups is 1. The van der Waals surface area contributed by atoms with Gasteiger partial charge in [-0.05, 0) is 62.4 Å². The number of hydrogen-bond donors (Lipinski definition) is 0. The lowest BCUT2D eigenvalue weighted by atomic mass is 10.1. The van der Waals surface area contributed by atoms with Gasteiger partial charge in [0.1, 0.15) is 0 Å². The molecule has 5 nitrogen and oxygen atoms in total. The second-order valence-corrected chi connectivity index (χ2v) is 8.75. The average Bonchev–Trinajstić information content (AvgIpc) is 2.92. The third-order valence-electron chi connectivity index (χ3n) is 4.78. The van der Waals surface area contributed by atoms with E-state index in [0.717, 1.165) is 16.0 Å². The Morgan fingerprint density at radius 2 is 1.14 bits per heavy atom. The van der Waals surface area contributed by atoms with Crippen molar-refractivity contribution in [2.45, 2.75) is 23.6 Å². The Labute approximate surface area is 163 Å². The molecule has 0 N–H and O–H groups in total. The molecule has 2 amide bonds. The molecule has 4 rings (SSSR count). The second kappa shape index (κ2) is 6.42. The van der Waals surface area contributed by atoms with Gasteiger partial charge < -0.3 is 0 Å². The minimum atomic E-state index is -3.67. The van der Waals surface area contributed by atoms with Crippen LogP contribution in [0.25, 0.3) is 0 Å². The smallest absolute Gasteiger partial charge is 0.266 e. The molecule has 0 aromatic heterocycles. The molecule has 0 atom stereocenters. The number of hydrogen-bond acceptors (Lipinski definition) is 4. The molecular weight excluding hydrogens is 374 g/mol. The molecule has 28 heavy (non-hydrogen) atoms. The highest BCUT2D eigenvalue weighted by molar-refractivity contribution is 7.91. The van der Waals surface area contributed by atoms with Crippen LogP contribution in [0.5, 0.6) is 0 Å². The fraction of sp³-hybridized carbons (Fsp3) is 0.0909. The number of anilines is 1. The summed E-state index contributed by atoms with van der Waals surface area (Å²) in [4.78, 5) is 26.7. The van der Waals surface area contributed by atoms with E-state index in [4.69, 9.17) is 0 Å². The number of fused-ring (bicyclic) bond motifs is 1. The zero-order chi connectivity index (χ0) is 20.1. The van der Waals surface area contributed by atoms with Crippen molar-refractivity contribution in [3.8, 4) is 0 Å². The van der Waals surface area contributed by atoms with E-state index in [1.165, 1.54) is 24.3 Å². The van der Waals surface area contributed by atoms with Crippen molar-refractivity contribution in [1.82, 2.24) is 0 Å². The van der Waals surface area contributed by atoms with Gasteiger partial charge in [0, 0.05) is 0 Å². The van der Waals surface area contributed by atoms with Gasteiger partial charge in [0.05, 0.1) is 26.6 Å². The van der Waals surface area contributed by atoms with Crippen molar-refractivity contribution in [2.24, 2.45) is 0 Å². The number of benzene rings is 3. The number of amides is 2. The van der Waals surface area contributed by atoms with E-state index in [2.05, 4.69) is 0 Å². The van der Waals surface area contributed by atoms with Crippen molar-refractivity contribution in [1.29, 1.82) is 0 Å². The van der Waals surface area contributed by atoms with Crippen molar-refractivity contribution in [2.75, 3.05) is 4.90 Å². The van der Waals surface area contributed by atoms with Gasteiger partial charge in [-0.15, -0.1) is 0 Å². The number of nitrogens with zero attached hydrogens (tertiary/aromatic N) is 1. The van der Waals surface area contributed by atoms with Crippen molar-refractivity contribution in [3.05, 3.63) is 89.0 Å². The number of carbonyl (C=O) groups excluding carboxylic acids is 2. The SMILES string of the molecule is Cc1ccc(S(=O)(=O)c2ccc(N3C(=O)c4ccc(C)cc4C3=O)cc2)cc1. The Morgan fingerprint density at radius 3 is 1.75 bits per heavy atom. The summed E-state index contributed by atoms with van der Waals surface area (Å²) in [5.41, 5.74) is 2.91. The summed E-state index contributed by atoms with van der Waals surface area (Å²) in [7, 11) is -3.67. The van der Waals surface area contributed by atoms with Gasteiger partial charge in [-0.25, -0.2) is 13.3 Å². The maximum absolute atomic E-state index is 12.8. The van der Waals surface area contributed by atoms with E-state index in [9.17, 15) is 18.0 Å². The largest absolute Gasteiger partial charge is 0.268 e. The quantitative estimate of drug-likeness (QED) is 0.634. The summed E-state index contributed by atoms with van der Waals surface area (Å²) < 4.78 is 25.5. The van der Waals surface area contributed by atoms with Crippen LogP contribution >= 0.6 is 0 Å². The van der Waals surface area contributed by atoms with Crippen LogP contribution < -0.4 is 4.90 Å². The average molecular weight is 391 g/mol. The number of rotatable bonds is 3. The van der Waals surface area contributed by atoms with Crippen LogP contribution in [0, 0.1) is 13.8 Å². The van der Waals surface area contributed by atoms with E-state index in [0.29, 0.717) is 16.8 Å². The number of aryl methyl sites for hydroxylation is 2. The highest BCUT2D eigenvalue weighted by atomic mass is 32.2. The van der Waals surface area contributed by atoms with E-state index < -0.39 is 21.7 Å². The maximum atomic E-state index is 12.8. The molecule has 0 fully saturated rings. The van der Waals surface area contributed by atoms with Crippen LogP contribution in [0.15, 0.2) is 76.5 Å². The van der Waals surface area contributed by atoms with Gasteiger partial charge in [-0.1, -0.05) is 29.3 Å². The van der Waals surface area contributed by atoms with Gasteiger partial charge in [0.15, 0.2) is 0 Å². The molecule has 3 aromatic carbocycles. The number of carbonyl (C=O) groups is 2. The van der Waals surface area contributed by atoms with Gasteiger partial charge in [-0.3, -0.25) is 9.59 Å². The van der Waals surface area contributed by atoms with Gasteiger partial charge in [0.2, 0.25) is 9.84 Å². The molecule has 0 bridgehead atoms. The molecule has 0 radical (unpaired) electrons. The minimum Gasteiger partial charge on any atom is -0.268 e. The summed E-state index contributed by atoms with van der Waals surface area (Å²) in [6, 6.07) is 17.5. The van der Waals surface area contributed by atoms with Crippen LogP contribution in [0.2, 0.25) is 0 Å². The molecule has 1 heterocycles. The van der Waals surface area contributed by atoms with Crippen LogP contribution in [0.3, 0.4) is 0 Å². The Balaban J connectivity index is 1.68. The lowest BCUT2D eigenvalue weighted by molar-refractivity contribution is 0.0926. The Kier molecular flexibility index (Phi) is 4.16. The summed E-state index contributed by atoms with van der Waals surface area (Å²) in [5.74, 6) is -0.813. The summed E-state index contributed by atoms with van der Waals surface area (Å²) in [6.45, 7) is 3.74. The molecule has 0 spiro atoms. The predicted molar refractivity (Wildman–Crippen MR) is 105 cm³/mol. The van der Waals surface area contributed by atoms with Crippen LogP contribution in [0.1, 0.15) is 31.8 Å². The molecule has 140 valence electrons. The highest BCUT2D eigenvalue weighted by Gasteiger charge is 2.36. The van der Waals surface area contributed by atoms with Gasteiger partial charge in [0.25, 0.3) is 11.8 Å². The molecule has 0 saturated carbocycles.